The Morgan fingerprint density at radius 2 is 1.46 bits per heavy atom. The normalized spacial score (nSPS) is 15.6. The van der Waals surface area contributed by atoms with Crippen LogP contribution >= 0.6 is 0 Å². The maximum absolute atomic E-state index is 12.2. The van der Waals surface area contributed by atoms with Crippen LogP contribution in [-0.4, -0.2) is 48.4 Å². The molecule has 0 aliphatic carbocycles. The fourth-order valence-corrected chi connectivity index (χ4v) is 3.83. The van der Waals surface area contributed by atoms with Crippen molar-refractivity contribution >= 4 is 16.7 Å². The Bertz CT molecular complexity index is 912. The highest BCUT2D eigenvalue weighted by atomic mass is 16.2. The first kappa shape index (κ1) is 18.7. The van der Waals surface area contributed by atoms with Crippen molar-refractivity contribution in [2.45, 2.75) is 13.1 Å². The summed E-state index contributed by atoms with van der Waals surface area (Å²) >= 11 is 0. The monoisotopic (exact) mass is 373 g/mol. The summed E-state index contributed by atoms with van der Waals surface area (Å²) in [4.78, 5) is 17.0. The van der Waals surface area contributed by atoms with E-state index in [0.29, 0.717) is 13.1 Å². The molecular formula is C24H27N3O. The Hall–Kier alpha value is -2.69. The second-order valence-corrected chi connectivity index (χ2v) is 7.45. The first-order chi connectivity index (χ1) is 13.8. The summed E-state index contributed by atoms with van der Waals surface area (Å²) in [5, 5.41) is 5.66. The van der Waals surface area contributed by atoms with E-state index in [2.05, 4.69) is 57.6 Å². The summed E-state index contributed by atoms with van der Waals surface area (Å²) in [7, 11) is 0. The van der Waals surface area contributed by atoms with Crippen LogP contribution in [0, 0.1) is 0 Å². The maximum atomic E-state index is 12.2. The van der Waals surface area contributed by atoms with Gasteiger partial charge >= 0.3 is 0 Å². The van der Waals surface area contributed by atoms with Crippen LogP contribution < -0.4 is 5.32 Å². The molecule has 1 heterocycles. The molecule has 0 bridgehead atoms. The fourth-order valence-electron chi connectivity index (χ4n) is 3.83. The quantitative estimate of drug-likeness (QED) is 0.720. The molecule has 0 spiro atoms. The molecule has 4 heteroatoms. The fraction of sp³-hybridized carbons (Fsp3) is 0.292. The molecule has 0 radical (unpaired) electrons. The van der Waals surface area contributed by atoms with E-state index in [4.69, 9.17) is 0 Å². The summed E-state index contributed by atoms with van der Waals surface area (Å²) in [6.07, 6.45) is 0. The zero-order chi connectivity index (χ0) is 19.2. The average molecular weight is 374 g/mol. The first-order valence-electron chi connectivity index (χ1n) is 10.00. The lowest BCUT2D eigenvalue weighted by Crippen LogP contribution is -2.49. The van der Waals surface area contributed by atoms with Gasteiger partial charge in [-0.2, -0.15) is 0 Å². The minimum atomic E-state index is 0.103. The molecule has 1 aliphatic heterocycles. The smallest absolute Gasteiger partial charge is 0.234 e. The van der Waals surface area contributed by atoms with Crippen LogP contribution in [-0.2, 0) is 17.9 Å². The number of nitrogens with zero attached hydrogens (tertiary/aromatic N) is 2. The minimum Gasteiger partial charge on any atom is -0.351 e. The Labute approximate surface area is 166 Å². The highest BCUT2D eigenvalue weighted by Gasteiger charge is 2.19. The van der Waals surface area contributed by atoms with Gasteiger partial charge in [0.05, 0.1) is 6.54 Å². The van der Waals surface area contributed by atoms with E-state index in [1.807, 2.05) is 30.3 Å². The Kier molecular flexibility index (Phi) is 6.00. The van der Waals surface area contributed by atoms with Crippen LogP contribution in [0.4, 0.5) is 0 Å². The third kappa shape index (κ3) is 4.77. The Morgan fingerprint density at radius 1 is 0.786 bits per heavy atom. The zero-order valence-electron chi connectivity index (χ0n) is 16.2. The van der Waals surface area contributed by atoms with Gasteiger partial charge in [0.15, 0.2) is 0 Å². The zero-order valence-corrected chi connectivity index (χ0v) is 16.2. The molecule has 1 amide bonds. The largest absolute Gasteiger partial charge is 0.351 e. The van der Waals surface area contributed by atoms with Crippen LogP contribution in [0.2, 0.25) is 0 Å². The third-order valence-corrected chi connectivity index (χ3v) is 5.44. The number of hydrogen-bond donors (Lipinski definition) is 1. The molecule has 3 aromatic carbocycles. The van der Waals surface area contributed by atoms with Gasteiger partial charge in [0.1, 0.15) is 0 Å². The molecule has 4 rings (SSSR count). The van der Waals surface area contributed by atoms with Crippen molar-refractivity contribution in [1.82, 2.24) is 15.1 Å². The van der Waals surface area contributed by atoms with Gasteiger partial charge in [-0.15, -0.1) is 0 Å². The second kappa shape index (κ2) is 9.00. The predicted octanol–water partition coefficient (Wildman–Crippen LogP) is 3.27. The molecule has 1 saturated heterocycles. The van der Waals surface area contributed by atoms with Crippen LogP contribution in [0.25, 0.3) is 10.8 Å². The van der Waals surface area contributed by atoms with Gasteiger partial charge < -0.3 is 5.32 Å². The van der Waals surface area contributed by atoms with Gasteiger partial charge in [0.25, 0.3) is 0 Å². The van der Waals surface area contributed by atoms with Crippen molar-refractivity contribution in [3.05, 3.63) is 83.9 Å². The molecule has 4 nitrogen and oxygen atoms in total. The number of piperazine rings is 1. The second-order valence-electron chi connectivity index (χ2n) is 7.45. The molecule has 3 aromatic rings. The maximum Gasteiger partial charge on any atom is 0.234 e. The lowest BCUT2D eigenvalue weighted by atomic mass is 10.0. The SMILES string of the molecule is O=C(CN1CCN(Cc2cccc3ccccc23)CC1)NCc1ccccc1. The van der Waals surface area contributed by atoms with E-state index in [1.54, 1.807) is 0 Å². The first-order valence-corrected chi connectivity index (χ1v) is 10.00. The molecule has 0 saturated carbocycles. The molecular weight excluding hydrogens is 346 g/mol. The highest BCUT2D eigenvalue weighted by Crippen LogP contribution is 2.20. The van der Waals surface area contributed by atoms with E-state index in [0.717, 1.165) is 38.3 Å². The number of hydrogen-bond acceptors (Lipinski definition) is 3. The number of nitrogens with one attached hydrogen (secondary N) is 1. The summed E-state index contributed by atoms with van der Waals surface area (Å²) in [5.74, 6) is 0.103. The molecule has 0 unspecified atom stereocenters. The standard InChI is InChI=1S/C24H27N3O/c28-24(25-17-20-7-2-1-3-8-20)19-27-15-13-26(14-16-27)18-22-11-6-10-21-9-4-5-12-23(21)22/h1-12H,13-19H2,(H,25,28). The van der Waals surface area contributed by atoms with Crippen molar-refractivity contribution in [3.8, 4) is 0 Å². The molecule has 1 N–H and O–H groups in total. The Balaban J connectivity index is 1.25. The number of amides is 1. The summed E-state index contributed by atoms with van der Waals surface area (Å²) in [6, 6.07) is 25.2. The van der Waals surface area contributed by atoms with E-state index in [9.17, 15) is 4.79 Å². The third-order valence-electron chi connectivity index (χ3n) is 5.44. The average Bonchev–Trinajstić information content (AvgIpc) is 2.75. The summed E-state index contributed by atoms with van der Waals surface area (Å²) < 4.78 is 0. The van der Waals surface area contributed by atoms with Crippen LogP contribution in [0.5, 0.6) is 0 Å². The lowest BCUT2D eigenvalue weighted by molar-refractivity contribution is -0.122. The van der Waals surface area contributed by atoms with Gasteiger partial charge in [-0.25, -0.2) is 0 Å². The predicted molar refractivity (Wildman–Crippen MR) is 114 cm³/mol. The molecule has 0 atom stereocenters. The molecule has 0 aromatic heterocycles. The van der Waals surface area contributed by atoms with Crippen LogP contribution in [0.3, 0.4) is 0 Å². The van der Waals surface area contributed by atoms with E-state index >= 15 is 0 Å². The van der Waals surface area contributed by atoms with Crippen molar-refractivity contribution in [2.75, 3.05) is 32.7 Å². The Morgan fingerprint density at radius 3 is 2.29 bits per heavy atom. The van der Waals surface area contributed by atoms with Gasteiger partial charge in [-0.3, -0.25) is 14.6 Å². The molecule has 28 heavy (non-hydrogen) atoms. The number of rotatable bonds is 6. The van der Waals surface area contributed by atoms with Gasteiger partial charge in [0.2, 0.25) is 5.91 Å². The topological polar surface area (TPSA) is 35.6 Å². The lowest BCUT2D eigenvalue weighted by Gasteiger charge is -2.34. The van der Waals surface area contributed by atoms with Crippen molar-refractivity contribution in [1.29, 1.82) is 0 Å². The number of fused-ring (bicyclic) bond motifs is 1. The molecule has 1 fully saturated rings. The highest BCUT2D eigenvalue weighted by molar-refractivity contribution is 5.85. The number of carbonyl (C=O) groups excluding carboxylic acids is 1. The minimum absolute atomic E-state index is 0.103. The van der Waals surface area contributed by atoms with Crippen molar-refractivity contribution in [3.63, 3.8) is 0 Å². The van der Waals surface area contributed by atoms with E-state index < -0.39 is 0 Å². The van der Waals surface area contributed by atoms with Gasteiger partial charge in [-0.05, 0) is 21.9 Å². The number of carbonyl (C=O) groups is 1. The molecule has 1 aliphatic rings. The van der Waals surface area contributed by atoms with Crippen LogP contribution in [0.15, 0.2) is 72.8 Å². The van der Waals surface area contributed by atoms with E-state index in [-0.39, 0.29) is 5.91 Å². The summed E-state index contributed by atoms with van der Waals surface area (Å²) in [6.45, 7) is 5.91. The van der Waals surface area contributed by atoms with Gasteiger partial charge in [-0.1, -0.05) is 72.8 Å². The van der Waals surface area contributed by atoms with Crippen LogP contribution in [0.1, 0.15) is 11.1 Å². The van der Waals surface area contributed by atoms with Gasteiger partial charge in [0, 0.05) is 39.3 Å². The molecule has 144 valence electrons. The van der Waals surface area contributed by atoms with Crippen molar-refractivity contribution in [2.24, 2.45) is 0 Å². The van der Waals surface area contributed by atoms with E-state index in [1.165, 1.54) is 16.3 Å². The number of benzene rings is 3. The summed E-state index contributed by atoms with van der Waals surface area (Å²) in [5.41, 5.74) is 2.52. The van der Waals surface area contributed by atoms with Crippen molar-refractivity contribution < 1.29 is 4.79 Å².